The van der Waals surface area contributed by atoms with Crippen LogP contribution < -0.4 is 14.4 Å². The van der Waals surface area contributed by atoms with Crippen molar-refractivity contribution >= 4 is 44.1 Å². The molecule has 1 aliphatic rings. The van der Waals surface area contributed by atoms with Crippen molar-refractivity contribution in [3.63, 3.8) is 0 Å². The van der Waals surface area contributed by atoms with Crippen LogP contribution in [0.3, 0.4) is 0 Å². The van der Waals surface area contributed by atoms with Crippen LogP contribution in [0.1, 0.15) is 33.9 Å². The highest BCUT2D eigenvalue weighted by molar-refractivity contribution is 7.22. The summed E-state index contributed by atoms with van der Waals surface area (Å²) < 4.78 is 12.0. The number of anilines is 1. The van der Waals surface area contributed by atoms with Gasteiger partial charge in [-0.1, -0.05) is 47.2 Å². The average molecular weight is 515 g/mol. The molecule has 7 nitrogen and oxygen atoms in total. The number of ether oxygens (including phenoxy) is 2. The van der Waals surface area contributed by atoms with E-state index in [1.54, 1.807) is 30.3 Å². The van der Waals surface area contributed by atoms with Gasteiger partial charge in [-0.05, 0) is 56.2 Å². The monoisotopic (exact) mass is 514 g/mol. The molecule has 188 valence electrons. The summed E-state index contributed by atoms with van der Waals surface area (Å²) in [7, 11) is 3.05. The van der Waals surface area contributed by atoms with Crippen molar-refractivity contribution in [2.45, 2.75) is 26.8 Å². The van der Waals surface area contributed by atoms with Gasteiger partial charge in [0.05, 0.1) is 30.0 Å². The molecule has 0 radical (unpaired) electrons. The smallest absolute Gasteiger partial charge is 0.301 e. The lowest BCUT2D eigenvalue weighted by Gasteiger charge is -2.25. The van der Waals surface area contributed by atoms with Crippen molar-refractivity contribution in [1.82, 2.24) is 4.98 Å². The molecule has 3 aromatic carbocycles. The maximum absolute atomic E-state index is 13.6. The van der Waals surface area contributed by atoms with Crippen LogP contribution in [0.4, 0.5) is 5.13 Å². The van der Waals surface area contributed by atoms with Crippen molar-refractivity contribution in [1.29, 1.82) is 0 Å². The molecule has 1 aliphatic heterocycles. The molecule has 1 amide bonds. The number of rotatable bonds is 5. The van der Waals surface area contributed by atoms with Crippen molar-refractivity contribution in [3.8, 4) is 11.5 Å². The maximum Gasteiger partial charge on any atom is 0.301 e. The van der Waals surface area contributed by atoms with Crippen LogP contribution >= 0.6 is 11.3 Å². The number of amides is 1. The number of aromatic nitrogens is 1. The number of aliphatic hydroxyl groups is 1. The zero-order chi connectivity index (χ0) is 26.4. The summed E-state index contributed by atoms with van der Waals surface area (Å²) in [5, 5.41) is 11.8. The zero-order valence-electron chi connectivity index (χ0n) is 21.2. The molecule has 0 saturated carbocycles. The van der Waals surface area contributed by atoms with Crippen molar-refractivity contribution in [3.05, 3.63) is 88.0 Å². The highest BCUT2D eigenvalue weighted by Crippen LogP contribution is 2.47. The topological polar surface area (TPSA) is 89.0 Å². The highest BCUT2D eigenvalue weighted by Gasteiger charge is 2.49. The van der Waals surface area contributed by atoms with Crippen LogP contribution in [0.15, 0.2) is 60.2 Å². The molecule has 0 bridgehead atoms. The standard InChI is InChI=1S/C29H26N2O5S/c1-15-6-8-18(9-7-15)26(32)23-25(20-14-19(35-4)10-11-21(20)36-5)31(28(34)27(23)33)29-30-24-17(3)12-16(2)13-22(24)37-29/h6-14,25,32H,1-5H3/b26-23+/t25-/m1/s1. The van der Waals surface area contributed by atoms with Crippen LogP contribution in [0.5, 0.6) is 11.5 Å². The molecule has 0 aliphatic carbocycles. The Morgan fingerprint density at radius 1 is 0.946 bits per heavy atom. The van der Waals surface area contributed by atoms with E-state index in [1.165, 1.54) is 30.5 Å². The van der Waals surface area contributed by atoms with Gasteiger partial charge < -0.3 is 14.6 Å². The van der Waals surface area contributed by atoms with Crippen molar-refractivity contribution in [2.75, 3.05) is 19.1 Å². The van der Waals surface area contributed by atoms with E-state index in [0.29, 0.717) is 27.8 Å². The quantitative estimate of drug-likeness (QED) is 0.204. The third-order valence-corrected chi connectivity index (χ3v) is 7.53. The Morgan fingerprint density at radius 2 is 1.68 bits per heavy atom. The second-order valence-corrected chi connectivity index (χ2v) is 10.1. The number of fused-ring (bicyclic) bond motifs is 1. The Labute approximate surface area is 218 Å². The lowest BCUT2D eigenvalue weighted by molar-refractivity contribution is -0.132. The van der Waals surface area contributed by atoms with E-state index >= 15 is 0 Å². The number of hydrogen-bond donors (Lipinski definition) is 1. The molecular formula is C29H26N2O5S. The number of carbonyl (C=O) groups excluding carboxylic acids is 2. The largest absolute Gasteiger partial charge is 0.507 e. The summed E-state index contributed by atoms with van der Waals surface area (Å²) in [6.07, 6.45) is 0. The van der Waals surface area contributed by atoms with Crippen LogP contribution in [0.2, 0.25) is 0 Å². The molecule has 37 heavy (non-hydrogen) atoms. The van der Waals surface area contributed by atoms with Gasteiger partial charge in [0, 0.05) is 11.1 Å². The number of benzene rings is 3. The second kappa shape index (κ2) is 9.37. The predicted molar refractivity (Wildman–Crippen MR) is 145 cm³/mol. The number of aliphatic hydroxyl groups excluding tert-OH is 1. The van der Waals surface area contributed by atoms with Gasteiger partial charge in [-0.15, -0.1) is 0 Å². The molecule has 2 heterocycles. The fourth-order valence-corrected chi connectivity index (χ4v) is 5.87. The van der Waals surface area contributed by atoms with Gasteiger partial charge in [0.25, 0.3) is 5.78 Å². The van der Waals surface area contributed by atoms with E-state index in [9.17, 15) is 14.7 Å². The van der Waals surface area contributed by atoms with Gasteiger partial charge in [0.2, 0.25) is 0 Å². The van der Waals surface area contributed by atoms with E-state index in [2.05, 4.69) is 0 Å². The zero-order valence-corrected chi connectivity index (χ0v) is 22.0. The first-order valence-electron chi connectivity index (χ1n) is 11.7. The molecule has 5 rings (SSSR count). The fourth-order valence-electron chi connectivity index (χ4n) is 4.71. The lowest BCUT2D eigenvalue weighted by atomic mass is 9.94. The molecular weight excluding hydrogens is 488 g/mol. The lowest BCUT2D eigenvalue weighted by Crippen LogP contribution is -2.29. The Kier molecular flexibility index (Phi) is 6.21. The second-order valence-electron chi connectivity index (χ2n) is 9.07. The Hall–Kier alpha value is -4.17. The normalized spacial score (nSPS) is 17.0. The van der Waals surface area contributed by atoms with E-state index in [4.69, 9.17) is 14.5 Å². The van der Waals surface area contributed by atoms with Gasteiger partial charge in [-0.25, -0.2) is 4.98 Å². The summed E-state index contributed by atoms with van der Waals surface area (Å²) in [5.74, 6) is -0.853. The van der Waals surface area contributed by atoms with Crippen molar-refractivity contribution < 1.29 is 24.2 Å². The van der Waals surface area contributed by atoms with Crippen LogP contribution in [-0.4, -0.2) is 36.0 Å². The predicted octanol–water partition coefficient (Wildman–Crippen LogP) is 5.87. The fraction of sp³-hybridized carbons (Fsp3) is 0.207. The van der Waals surface area contributed by atoms with Gasteiger partial charge in [-0.3, -0.25) is 14.5 Å². The van der Waals surface area contributed by atoms with Crippen LogP contribution in [0, 0.1) is 20.8 Å². The number of thiazole rings is 1. The van der Waals surface area contributed by atoms with E-state index in [-0.39, 0.29) is 11.3 Å². The van der Waals surface area contributed by atoms with Crippen molar-refractivity contribution in [2.24, 2.45) is 0 Å². The molecule has 1 fully saturated rings. The number of methoxy groups -OCH3 is 2. The molecule has 1 N–H and O–H groups in total. The average Bonchev–Trinajstić information content (AvgIpc) is 3.42. The number of carbonyl (C=O) groups is 2. The number of aryl methyl sites for hydroxylation is 3. The summed E-state index contributed by atoms with van der Waals surface area (Å²) in [5.41, 5.74) is 4.73. The van der Waals surface area contributed by atoms with Gasteiger partial charge in [0.15, 0.2) is 5.13 Å². The Balaban J connectivity index is 1.80. The van der Waals surface area contributed by atoms with Gasteiger partial charge >= 0.3 is 5.91 Å². The minimum absolute atomic E-state index is 0.0347. The molecule has 4 aromatic rings. The summed E-state index contributed by atoms with van der Waals surface area (Å²) in [6, 6.07) is 15.3. The van der Waals surface area contributed by atoms with Gasteiger partial charge in [-0.2, -0.15) is 0 Å². The SMILES string of the molecule is COc1ccc(OC)c([C@@H]2/C(=C(\O)c3ccc(C)cc3)C(=O)C(=O)N2c2nc3c(C)cc(C)cc3s2)c1. The first kappa shape index (κ1) is 24.5. The van der Waals surface area contributed by atoms with E-state index in [1.807, 2.05) is 45.0 Å². The molecule has 8 heteroatoms. The third kappa shape index (κ3) is 4.13. The first-order chi connectivity index (χ1) is 17.7. The molecule has 0 spiro atoms. The first-order valence-corrected chi connectivity index (χ1v) is 12.5. The maximum atomic E-state index is 13.6. The number of Topliss-reactive ketones (excluding diaryl/α,β-unsaturated/α-hetero) is 1. The Bertz CT molecular complexity index is 1590. The molecule has 0 unspecified atom stereocenters. The third-order valence-electron chi connectivity index (χ3n) is 6.53. The number of nitrogens with zero attached hydrogens (tertiary/aromatic N) is 2. The van der Waals surface area contributed by atoms with E-state index in [0.717, 1.165) is 26.9 Å². The molecule has 1 atom stereocenters. The number of hydrogen-bond acceptors (Lipinski definition) is 7. The minimum atomic E-state index is -0.978. The van der Waals surface area contributed by atoms with Crippen LogP contribution in [-0.2, 0) is 9.59 Å². The highest BCUT2D eigenvalue weighted by atomic mass is 32.1. The van der Waals surface area contributed by atoms with Gasteiger partial charge in [0.1, 0.15) is 23.3 Å². The number of ketones is 1. The minimum Gasteiger partial charge on any atom is -0.507 e. The summed E-state index contributed by atoms with van der Waals surface area (Å²) in [6.45, 7) is 5.90. The van der Waals surface area contributed by atoms with Crippen LogP contribution in [0.25, 0.3) is 16.0 Å². The molecule has 1 aromatic heterocycles. The molecule has 1 saturated heterocycles. The summed E-state index contributed by atoms with van der Waals surface area (Å²) >= 11 is 1.33. The van der Waals surface area contributed by atoms with E-state index < -0.39 is 17.7 Å². The summed E-state index contributed by atoms with van der Waals surface area (Å²) in [4.78, 5) is 33.3. The Morgan fingerprint density at radius 3 is 2.35 bits per heavy atom.